The molecule has 1 saturated heterocycles. The summed E-state index contributed by atoms with van der Waals surface area (Å²) in [6, 6.07) is 0. The molecule has 0 spiro atoms. The number of halogens is 3. The number of ether oxygens (including phenoxy) is 3. The summed E-state index contributed by atoms with van der Waals surface area (Å²) in [5.41, 5.74) is -1.15. The molecule has 0 saturated carbocycles. The normalized spacial score (nSPS) is 17.2. The number of carbonyl (C=O) groups excluding carboxylic acids is 1. The zero-order valence-electron chi connectivity index (χ0n) is 15.0. The molecule has 1 N–H and O–H groups in total. The average Bonchev–Trinajstić information content (AvgIpc) is 3.12. The van der Waals surface area contributed by atoms with E-state index in [9.17, 15) is 18.0 Å². The third-order valence-electron chi connectivity index (χ3n) is 4.06. The Morgan fingerprint density at radius 1 is 1.29 bits per heavy atom. The van der Waals surface area contributed by atoms with Crippen molar-refractivity contribution in [1.29, 1.82) is 0 Å². The number of aromatic nitrogens is 3. The number of thiazole rings is 1. The molecule has 1 fully saturated rings. The number of amides is 1. The van der Waals surface area contributed by atoms with Gasteiger partial charge in [-0.2, -0.15) is 13.2 Å². The van der Waals surface area contributed by atoms with Gasteiger partial charge in [0.05, 0.1) is 20.8 Å². The zero-order chi connectivity index (χ0) is 20.3. The summed E-state index contributed by atoms with van der Waals surface area (Å²) in [6.07, 6.45) is -2.28. The minimum atomic E-state index is -4.64. The topological polar surface area (TPSA) is 95.5 Å². The SMILES string of the molecule is COc1ncnc(OC)c1C(=O)Nc1nc(C(F)(F)F)c([C@H]2CCCOC2)s1. The van der Waals surface area contributed by atoms with Crippen molar-refractivity contribution in [3.63, 3.8) is 0 Å². The molecular weight excluding hydrogens is 401 g/mol. The molecule has 0 bridgehead atoms. The van der Waals surface area contributed by atoms with Gasteiger partial charge in [-0.05, 0) is 12.8 Å². The molecule has 0 aliphatic carbocycles. The van der Waals surface area contributed by atoms with Crippen LogP contribution in [0.25, 0.3) is 0 Å². The molecule has 1 atom stereocenters. The van der Waals surface area contributed by atoms with E-state index in [1.807, 2.05) is 0 Å². The van der Waals surface area contributed by atoms with E-state index in [0.29, 0.717) is 19.4 Å². The molecule has 152 valence electrons. The van der Waals surface area contributed by atoms with Crippen molar-refractivity contribution >= 4 is 22.4 Å². The Hall–Kier alpha value is -2.47. The first-order valence-corrected chi connectivity index (χ1v) is 9.06. The third-order valence-corrected chi connectivity index (χ3v) is 5.20. The highest BCUT2D eigenvalue weighted by atomic mass is 32.1. The van der Waals surface area contributed by atoms with Crippen molar-refractivity contribution in [2.75, 3.05) is 32.8 Å². The summed E-state index contributed by atoms with van der Waals surface area (Å²) in [5, 5.41) is 2.18. The number of nitrogens with one attached hydrogen (secondary N) is 1. The first kappa shape index (κ1) is 20.3. The third kappa shape index (κ3) is 4.17. The minimum absolute atomic E-state index is 0.0470. The summed E-state index contributed by atoms with van der Waals surface area (Å²) in [7, 11) is 2.59. The van der Waals surface area contributed by atoms with Gasteiger partial charge in [0.1, 0.15) is 6.33 Å². The molecule has 2 aromatic heterocycles. The van der Waals surface area contributed by atoms with Crippen molar-refractivity contribution in [2.24, 2.45) is 0 Å². The maximum atomic E-state index is 13.4. The van der Waals surface area contributed by atoms with Gasteiger partial charge in [-0.25, -0.2) is 15.0 Å². The average molecular weight is 418 g/mol. The fraction of sp³-hybridized carbons (Fsp3) is 0.500. The fourth-order valence-electron chi connectivity index (χ4n) is 2.83. The number of nitrogens with zero attached hydrogens (tertiary/aromatic N) is 3. The lowest BCUT2D eigenvalue weighted by molar-refractivity contribution is -0.141. The molecule has 8 nitrogen and oxygen atoms in total. The number of anilines is 1. The van der Waals surface area contributed by atoms with Crippen LogP contribution in [0.4, 0.5) is 18.3 Å². The van der Waals surface area contributed by atoms with Crippen LogP contribution in [0.2, 0.25) is 0 Å². The lowest BCUT2D eigenvalue weighted by atomic mass is 9.99. The number of rotatable bonds is 5. The lowest BCUT2D eigenvalue weighted by Gasteiger charge is -2.21. The Morgan fingerprint density at radius 2 is 1.96 bits per heavy atom. The Kier molecular flexibility index (Phi) is 5.98. The molecule has 3 rings (SSSR count). The second kappa shape index (κ2) is 8.27. The number of carbonyl (C=O) groups is 1. The highest BCUT2D eigenvalue weighted by Crippen LogP contribution is 2.42. The van der Waals surface area contributed by atoms with Crippen LogP contribution in [0.1, 0.15) is 39.7 Å². The van der Waals surface area contributed by atoms with Crippen LogP contribution in [0.5, 0.6) is 11.8 Å². The van der Waals surface area contributed by atoms with Crippen molar-refractivity contribution < 1.29 is 32.2 Å². The van der Waals surface area contributed by atoms with Crippen LogP contribution in [0.3, 0.4) is 0 Å². The van der Waals surface area contributed by atoms with E-state index in [1.54, 1.807) is 0 Å². The number of methoxy groups -OCH3 is 2. The van der Waals surface area contributed by atoms with Crippen molar-refractivity contribution in [3.8, 4) is 11.8 Å². The lowest BCUT2D eigenvalue weighted by Crippen LogP contribution is -2.18. The maximum absolute atomic E-state index is 13.4. The first-order chi connectivity index (χ1) is 13.3. The quantitative estimate of drug-likeness (QED) is 0.797. The standard InChI is InChI=1S/C16H17F3N4O4S/c1-25-13-9(14(26-2)21-7-20-13)12(24)23-15-22-11(16(17,18)19)10(28-15)8-4-3-5-27-6-8/h7-8H,3-6H2,1-2H3,(H,22,23,24)/t8-/m0/s1. The van der Waals surface area contributed by atoms with Crippen molar-refractivity contribution in [3.05, 3.63) is 22.5 Å². The number of hydrogen-bond donors (Lipinski definition) is 1. The molecule has 0 unspecified atom stereocenters. The molecule has 1 aliphatic rings. The van der Waals surface area contributed by atoms with Crippen LogP contribution < -0.4 is 14.8 Å². The van der Waals surface area contributed by atoms with E-state index in [4.69, 9.17) is 14.2 Å². The van der Waals surface area contributed by atoms with Gasteiger partial charge in [0.25, 0.3) is 5.91 Å². The number of hydrogen-bond acceptors (Lipinski definition) is 8. The van der Waals surface area contributed by atoms with Gasteiger partial charge in [-0.15, -0.1) is 11.3 Å². The van der Waals surface area contributed by atoms with Crippen LogP contribution in [0, 0.1) is 0 Å². The van der Waals surface area contributed by atoms with Crippen LogP contribution in [-0.4, -0.2) is 48.3 Å². The molecule has 1 amide bonds. The molecule has 0 aromatic carbocycles. The first-order valence-electron chi connectivity index (χ1n) is 8.25. The highest BCUT2D eigenvalue weighted by molar-refractivity contribution is 7.16. The maximum Gasteiger partial charge on any atom is 0.434 e. The van der Waals surface area contributed by atoms with Crippen molar-refractivity contribution in [1.82, 2.24) is 15.0 Å². The predicted octanol–water partition coefficient (Wildman–Crippen LogP) is 3.12. The van der Waals surface area contributed by atoms with Crippen LogP contribution >= 0.6 is 11.3 Å². The van der Waals surface area contributed by atoms with Gasteiger partial charge >= 0.3 is 6.18 Å². The molecular formula is C16H17F3N4O4S. The molecule has 12 heteroatoms. The van der Waals surface area contributed by atoms with Gasteiger partial charge in [-0.3, -0.25) is 10.1 Å². The minimum Gasteiger partial charge on any atom is -0.480 e. The number of alkyl halides is 3. The Bertz CT molecular complexity index is 831. The van der Waals surface area contributed by atoms with E-state index in [0.717, 1.165) is 17.7 Å². The molecule has 28 heavy (non-hydrogen) atoms. The van der Waals surface area contributed by atoms with E-state index < -0.39 is 23.7 Å². The van der Waals surface area contributed by atoms with Gasteiger partial charge in [-0.1, -0.05) is 0 Å². The molecule has 2 aromatic rings. The zero-order valence-corrected chi connectivity index (χ0v) is 15.8. The largest absolute Gasteiger partial charge is 0.480 e. The van der Waals surface area contributed by atoms with E-state index in [1.165, 1.54) is 14.2 Å². The summed E-state index contributed by atoms with van der Waals surface area (Å²) >= 11 is 0.777. The van der Waals surface area contributed by atoms with Crippen LogP contribution in [0.15, 0.2) is 6.33 Å². The van der Waals surface area contributed by atoms with E-state index in [2.05, 4.69) is 20.3 Å². The summed E-state index contributed by atoms with van der Waals surface area (Å²) in [6.45, 7) is 0.709. The van der Waals surface area contributed by atoms with Gasteiger partial charge in [0, 0.05) is 17.4 Å². The van der Waals surface area contributed by atoms with Gasteiger partial charge in [0.2, 0.25) is 11.8 Å². The van der Waals surface area contributed by atoms with Crippen molar-refractivity contribution in [2.45, 2.75) is 24.9 Å². The monoisotopic (exact) mass is 418 g/mol. The van der Waals surface area contributed by atoms with Gasteiger partial charge < -0.3 is 14.2 Å². The highest BCUT2D eigenvalue weighted by Gasteiger charge is 2.40. The van der Waals surface area contributed by atoms with Gasteiger partial charge in [0.15, 0.2) is 16.4 Å². The van der Waals surface area contributed by atoms with Crippen LogP contribution in [-0.2, 0) is 10.9 Å². The van der Waals surface area contributed by atoms with E-state index in [-0.39, 0.29) is 33.9 Å². The predicted molar refractivity (Wildman–Crippen MR) is 93.0 cm³/mol. The summed E-state index contributed by atoms with van der Waals surface area (Å²) in [5.74, 6) is -1.35. The Labute approximate surface area is 162 Å². The molecule has 1 aliphatic heterocycles. The molecule has 0 radical (unpaired) electrons. The smallest absolute Gasteiger partial charge is 0.434 e. The summed E-state index contributed by atoms with van der Waals surface area (Å²) in [4.78, 5) is 23.9. The Balaban J connectivity index is 1.93. The second-order valence-electron chi connectivity index (χ2n) is 5.87. The molecule has 3 heterocycles. The second-order valence-corrected chi connectivity index (χ2v) is 6.90. The van der Waals surface area contributed by atoms with E-state index >= 15 is 0 Å². The fourth-order valence-corrected chi connectivity index (χ4v) is 3.93. The Morgan fingerprint density at radius 3 is 2.50 bits per heavy atom. The summed E-state index contributed by atoms with van der Waals surface area (Å²) < 4.78 is 55.7.